The molecule has 8 heteroatoms. The van der Waals surface area contributed by atoms with Crippen molar-refractivity contribution in [1.29, 1.82) is 0 Å². The zero-order chi connectivity index (χ0) is 20.0. The molecule has 1 aliphatic heterocycles. The molecule has 28 heavy (non-hydrogen) atoms. The summed E-state index contributed by atoms with van der Waals surface area (Å²) >= 11 is 5.81. The van der Waals surface area contributed by atoms with Gasteiger partial charge in [0.15, 0.2) is 9.84 Å². The number of rotatable bonds is 7. The van der Waals surface area contributed by atoms with E-state index in [0.29, 0.717) is 24.8 Å². The number of amides is 1. The lowest BCUT2D eigenvalue weighted by atomic mass is 10.1. The first-order valence-corrected chi connectivity index (χ1v) is 11.1. The fourth-order valence-electron chi connectivity index (χ4n) is 3.10. The molecule has 1 fully saturated rings. The van der Waals surface area contributed by atoms with Crippen LogP contribution in [-0.2, 0) is 19.4 Å². The lowest BCUT2D eigenvalue weighted by Crippen LogP contribution is -2.44. The Morgan fingerprint density at radius 3 is 2.36 bits per heavy atom. The lowest BCUT2D eigenvalue weighted by molar-refractivity contribution is -0.119. The Morgan fingerprint density at radius 1 is 1.07 bits per heavy atom. The van der Waals surface area contributed by atoms with Gasteiger partial charge in [0.05, 0.1) is 24.2 Å². The van der Waals surface area contributed by atoms with E-state index in [-0.39, 0.29) is 10.9 Å². The zero-order valence-corrected chi connectivity index (χ0v) is 17.0. The van der Waals surface area contributed by atoms with E-state index in [0.717, 1.165) is 18.7 Å². The predicted octanol–water partition coefficient (Wildman–Crippen LogP) is 2.30. The van der Waals surface area contributed by atoms with E-state index in [1.165, 1.54) is 24.3 Å². The van der Waals surface area contributed by atoms with Crippen LogP contribution in [0.2, 0.25) is 5.02 Å². The van der Waals surface area contributed by atoms with E-state index >= 15 is 0 Å². The molecule has 1 unspecified atom stereocenters. The topological polar surface area (TPSA) is 75.7 Å². The second-order valence-electron chi connectivity index (χ2n) is 6.66. The Bertz CT molecular complexity index is 882. The maximum absolute atomic E-state index is 12.6. The van der Waals surface area contributed by atoms with E-state index in [2.05, 4.69) is 10.2 Å². The van der Waals surface area contributed by atoms with Crippen LogP contribution in [0.15, 0.2) is 59.5 Å². The lowest BCUT2D eigenvalue weighted by Gasteiger charge is -2.31. The highest BCUT2D eigenvalue weighted by Crippen LogP contribution is 2.18. The molecular formula is C20H23ClN2O4S. The van der Waals surface area contributed by atoms with Crippen molar-refractivity contribution in [3.63, 3.8) is 0 Å². The SMILES string of the molecule is O=C(CS(=O)(=O)c1ccc(Cl)cc1)NC(CN1CCOCC1)c1ccccc1. The highest BCUT2D eigenvalue weighted by Gasteiger charge is 2.24. The number of hydrogen-bond donors (Lipinski definition) is 1. The Morgan fingerprint density at radius 2 is 1.71 bits per heavy atom. The predicted molar refractivity (Wildman–Crippen MR) is 108 cm³/mol. The number of carbonyl (C=O) groups is 1. The van der Waals surface area contributed by atoms with E-state index in [9.17, 15) is 13.2 Å². The van der Waals surface area contributed by atoms with Crippen LogP contribution >= 0.6 is 11.6 Å². The molecule has 1 aliphatic rings. The minimum atomic E-state index is -3.74. The molecule has 2 aromatic rings. The normalized spacial score (nSPS) is 16.5. The Labute approximate surface area is 170 Å². The molecule has 0 bridgehead atoms. The molecule has 1 atom stereocenters. The van der Waals surface area contributed by atoms with Crippen LogP contribution in [0.5, 0.6) is 0 Å². The van der Waals surface area contributed by atoms with Gasteiger partial charge in [0.1, 0.15) is 5.75 Å². The number of ether oxygens (including phenoxy) is 1. The maximum Gasteiger partial charge on any atom is 0.236 e. The second-order valence-corrected chi connectivity index (χ2v) is 9.08. The van der Waals surface area contributed by atoms with Crippen LogP contribution in [0.3, 0.4) is 0 Å². The van der Waals surface area contributed by atoms with Gasteiger partial charge in [-0.15, -0.1) is 0 Å². The van der Waals surface area contributed by atoms with Crippen molar-refractivity contribution >= 4 is 27.3 Å². The average Bonchev–Trinajstić information content (AvgIpc) is 2.69. The van der Waals surface area contributed by atoms with Gasteiger partial charge in [-0.3, -0.25) is 9.69 Å². The first-order valence-electron chi connectivity index (χ1n) is 9.07. The van der Waals surface area contributed by atoms with Gasteiger partial charge < -0.3 is 10.1 Å². The molecule has 0 spiro atoms. The van der Waals surface area contributed by atoms with Crippen LogP contribution in [0.1, 0.15) is 11.6 Å². The third-order valence-electron chi connectivity index (χ3n) is 4.58. The molecular weight excluding hydrogens is 400 g/mol. The van der Waals surface area contributed by atoms with E-state index in [1.807, 2.05) is 30.3 Å². The van der Waals surface area contributed by atoms with E-state index in [1.54, 1.807) is 0 Å². The minimum absolute atomic E-state index is 0.0801. The molecule has 1 saturated heterocycles. The number of halogens is 1. The number of morpholine rings is 1. The fourth-order valence-corrected chi connectivity index (χ4v) is 4.37. The summed E-state index contributed by atoms with van der Waals surface area (Å²) in [6.07, 6.45) is 0. The number of hydrogen-bond acceptors (Lipinski definition) is 5. The molecule has 0 radical (unpaired) electrons. The van der Waals surface area contributed by atoms with Crippen molar-refractivity contribution in [2.75, 3.05) is 38.6 Å². The van der Waals surface area contributed by atoms with Crippen LogP contribution < -0.4 is 5.32 Å². The number of carbonyl (C=O) groups excluding carboxylic acids is 1. The van der Waals surface area contributed by atoms with Gasteiger partial charge in [-0.2, -0.15) is 0 Å². The Kier molecular flexibility index (Phi) is 7.07. The van der Waals surface area contributed by atoms with Crippen LogP contribution in [0, 0.1) is 0 Å². The summed E-state index contributed by atoms with van der Waals surface area (Å²) in [6.45, 7) is 3.46. The van der Waals surface area contributed by atoms with Gasteiger partial charge in [0, 0.05) is 24.7 Å². The summed E-state index contributed by atoms with van der Waals surface area (Å²) in [7, 11) is -3.74. The smallest absolute Gasteiger partial charge is 0.236 e. The molecule has 1 heterocycles. The van der Waals surface area contributed by atoms with Gasteiger partial charge >= 0.3 is 0 Å². The van der Waals surface area contributed by atoms with Gasteiger partial charge in [-0.05, 0) is 29.8 Å². The molecule has 0 saturated carbocycles. The third kappa shape index (κ3) is 5.78. The third-order valence-corrected chi connectivity index (χ3v) is 6.46. The van der Waals surface area contributed by atoms with E-state index < -0.39 is 21.5 Å². The monoisotopic (exact) mass is 422 g/mol. The Hall–Kier alpha value is -1.93. The molecule has 150 valence electrons. The first-order chi connectivity index (χ1) is 13.4. The Balaban J connectivity index is 1.70. The van der Waals surface area contributed by atoms with Crippen molar-refractivity contribution in [3.05, 3.63) is 65.2 Å². The number of sulfone groups is 1. The molecule has 0 aromatic heterocycles. The summed E-state index contributed by atoms with van der Waals surface area (Å²) in [5, 5.41) is 3.33. The molecule has 0 aliphatic carbocycles. The van der Waals surface area contributed by atoms with Crippen LogP contribution in [0.4, 0.5) is 0 Å². The molecule has 1 N–H and O–H groups in total. The number of nitrogens with one attached hydrogen (secondary N) is 1. The van der Waals surface area contributed by atoms with Gasteiger partial charge in [0.2, 0.25) is 5.91 Å². The second kappa shape index (κ2) is 9.52. The summed E-state index contributed by atoms with van der Waals surface area (Å²) in [6, 6.07) is 15.1. The van der Waals surface area contributed by atoms with Crippen molar-refractivity contribution < 1.29 is 17.9 Å². The largest absolute Gasteiger partial charge is 0.379 e. The molecule has 3 rings (SSSR count). The van der Waals surface area contributed by atoms with Crippen molar-refractivity contribution in [2.45, 2.75) is 10.9 Å². The average molecular weight is 423 g/mol. The highest BCUT2D eigenvalue weighted by atomic mass is 35.5. The van der Waals surface area contributed by atoms with Crippen LogP contribution in [-0.4, -0.2) is 57.8 Å². The summed E-state index contributed by atoms with van der Waals surface area (Å²) in [5.74, 6) is -1.14. The molecule has 2 aromatic carbocycles. The number of benzene rings is 2. The molecule has 6 nitrogen and oxygen atoms in total. The van der Waals surface area contributed by atoms with Crippen molar-refractivity contribution in [1.82, 2.24) is 10.2 Å². The van der Waals surface area contributed by atoms with Crippen LogP contribution in [0.25, 0.3) is 0 Å². The summed E-state index contributed by atoms with van der Waals surface area (Å²) < 4.78 is 30.4. The standard InChI is InChI=1S/C20H23ClN2O4S/c21-17-6-8-18(9-7-17)28(25,26)15-20(24)22-19(16-4-2-1-3-5-16)14-23-10-12-27-13-11-23/h1-9,19H,10-15H2,(H,22,24). The van der Waals surface area contributed by atoms with Crippen molar-refractivity contribution in [3.8, 4) is 0 Å². The zero-order valence-electron chi connectivity index (χ0n) is 15.4. The fraction of sp³-hybridized carbons (Fsp3) is 0.350. The number of nitrogens with zero attached hydrogens (tertiary/aromatic N) is 1. The minimum Gasteiger partial charge on any atom is -0.379 e. The van der Waals surface area contributed by atoms with Gasteiger partial charge in [0.25, 0.3) is 0 Å². The first kappa shape index (κ1) is 20.8. The highest BCUT2D eigenvalue weighted by molar-refractivity contribution is 7.92. The van der Waals surface area contributed by atoms with E-state index in [4.69, 9.17) is 16.3 Å². The summed E-state index contributed by atoms with van der Waals surface area (Å²) in [4.78, 5) is 14.8. The van der Waals surface area contributed by atoms with Gasteiger partial charge in [-0.1, -0.05) is 41.9 Å². The molecule has 1 amide bonds. The summed E-state index contributed by atoms with van der Waals surface area (Å²) in [5.41, 5.74) is 0.936. The maximum atomic E-state index is 12.6. The van der Waals surface area contributed by atoms with Gasteiger partial charge in [-0.25, -0.2) is 8.42 Å². The quantitative estimate of drug-likeness (QED) is 0.741. The van der Waals surface area contributed by atoms with Crippen molar-refractivity contribution in [2.24, 2.45) is 0 Å².